The first-order valence-electron chi connectivity index (χ1n) is 7.48. The molecule has 1 aliphatic heterocycles. The molecule has 122 valence electrons. The number of carbonyl (C=O) groups excluding carboxylic acids is 1. The summed E-state index contributed by atoms with van der Waals surface area (Å²) in [7, 11) is 1.59. The summed E-state index contributed by atoms with van der Waals surface area (Å²) >= 11 is 0. The molecule has 0 aliphatic carbocycles. The lowest BCUT2D eigenvalue weighted by atomic mass is 9.78. The molecule has 0 aromatic heterocycles. The van der Waals surface area contributed by atoms with E-state index in [4.69, 9.17) is 15.2 Å². The van der Waals surface area contributed by atoms with Crippen molar-refractivity contribution >= 4 is 11.8 Å². The summed E-state index contributed by atoms with van der Waals surface area (Å²) in [6.07, 6.45) is -0.290. The number of nitrogen functional groups attached to an aromatic ring is 1. The topological polar surface area (TPSA) is 64.8 Å². The Hall–Kier alpha value is -1.91. The number of hydrogen-bond acceptors (Lipinski definition) is 4. The van der Waals surface area contributed by atoms with Gasteiger partial charge in [-0.25, -0.2) is 4.79 Å². The molecule has 1 aliphatic rings. The number of rotatable bonds is 1. The summed E-state index contributed by atoms with van der Waals surface area (Å²) < 4.78 is 10.8. The van der Waals surface area contributed by atoms with Crippen molar-refractivity contribution in [2.75, 3.05) is 19.4 Å². The fourth-order valence-corrected chi connectivity index (χ4v) is 2.86. The zero-order valence-corrected chi connectivity index (χ0v) is 14.3. The Bertz CT molecular complexity index is 588. The number of amides is 1. The van der Waals surface area contributed by atoms with Gasteiger partial charge in [-0.15, -0.1) is 0 Å². The second-order valence-corrected chi connectivity index (χ2v) is 7.47. The van der Waals surface area contributed by atoms with Gasteiger partial charge in [0.15, 0.2) is 0 Å². The number of benzene rings is 1. The Labute approximate surface area is 132 Å². The molecule has 5 nitrogen and oxygen atoms in total. The van der Waals surface area contributed by atoms with Gasteiger partial charge in [0.1, 0.15) is 11.4 Å². The van der Waals surface area contributed by atoms with Gasteiger partial charge < -0.3 is 20.1 Å². The second-order valence-electron chi connectivity index (χ2n) is 7.47. The minimum atomic E-state index is -0.500. The van der Waals surface area contributed by atoms with Crippen LogP contribution >= 0.6 is 0 Å². The summed E-state index contributed by atoms with van der Waals surface area (Å²) in [6.45, 7) is 10.9. The summed E-state index contributed by atoms with van der Waals surface area (Å²) in [4.78, 5) is 14.1. The number of nitrogens with two attached hydrogens (primary N) is 1. The molecule has 2 rings (SSSR count). The van der Waals surface area contributed by atoms with Crippen LogP contribution in [0.2, 0.25) is 0 Å². The fraction of sp³-hybridized carbons (Fsp3) is 0.588. The van der Waals surface area contributed by atoms with Gasteiger partial charge in [-0.1, -0.05) is 13.8 Å². The highest BCUT2D eigenvalue weighted by Crippen LogP contribution is 2.38. The molecule has 1 aromatic rings. The van der Waals surface area contributed by atoms with Crippen LogP contribution in [0, 0.1) is 0 Å². The van der Waals surface area contributed by atoms with E-state index in [0.29, 0.717) is 24.5 Å². The summed E-state index contributed by atoms with van der Waals surface area (Å²) in [5.41, 5.74) is 8.17. The number of carbonyl (C=O) groups is 1. The van der Waals surface area contributed by atoms with Gasteiger partial charge in [0, 0.05) is 18.5 Å². The third-order valence-corrected chi connectivity index (χ3v) is 3.78. The maximum atomic E-state index is 12.4. The molecule has 5 heteroatoms. The van der Waals surface area contributed by atoms with Crippen molar-refractivity contribution in [1.82, 2.24) is 4.90 Å². The Morgan fingerprint density at radius 2 is 1.95 bits per heavy atom. The lowest BCUT2D eigenvalue weighted by Gasteiger charge is -2.40. The Morgan fingerprint density at radius 3 is 2.50 bits per heavy atom. The van der Waals surface area contributed by atoms with Crippen molar-refractivity contribution in [2.45, 2.75) is 52.2 Å². The van der Waals surface area contributed by atoms with Crippen LogP contribution in [0.25, 0.3) is 0 Å². The molecule has 1 heterocycles. The number of nitrogens with zero attached hydrogens (tertiary/aromatic N) is 1. The average Bonchev–Trinajstić information content (AvgIpc) is 2.36. The Morgan fingerprint density at radius 1 is 1.32 bits per heavy atom. The van der Waals surface area contributed by atoms with E-state index < -0.39 is 5.60 Å². The first-order valence-corrected chi connectivity index (χ1v) is 7.48. The molecule has 2 N–H and O–H groups in total. The molecule has 0 saturated heterocycles. The van der Waals surface area contributed by atoms with Crippen LogP contribution in [0.3, 0.4) is 0 Å². The molecule has 0 spiro atoms. The molecule has 1 amide bonds. The van der Waals surface area contributed by atoms with Crippen LogP contribution in [-0.2, 0) is 16.7 Å². The highest BCUT2D eigenvalue weighted by molar-refractivity contribution is 5.70. The van der Waals surface area contributed by atoms with Gasteiger partial charge in [0.2, 0.25) is 0 Å². The summed E-state index contributed by atoms with van der Waals surface area (Å²) in [5, 5.41) is 0. The number of hydrogen-bond donors (Lipinski definition) is 1. The van der Waals surface area contributed by atoms with Gasteiger partial charge in [0.25, 0.3) is 0 Å². The zero-order valence-electron chi connectivity index (χ0n) is 14.3. The third kappa shape index (κ3) is 3.29. The summed E-state index contributed by atoms with van der Waals surface area (Å²) in [6, 6.07) is 3.88. The van der Waals surface area contributed by atoms with Crippen molar-refractivity contribution in [3.8, 4) is 5.75 Å². The smallest absolute Gasteiger partial charge is 0.410 e. The molecular weight excluding hydrogens is 280 g/mol. The van der Waals surface area contributed by atoms with Crippen LogP contribution in [0.4, 0.5) is 10.5 Å². The highest BCUT2D eigenvalue weighted by Gasteiger charge is 2.36. The minimum absolute atomic E-state index is 0.190. The van der Waals surface area contributed by atoms with E-state index in [0.717, 1.165) is 11.1 Å². The summed E-state index contributed by atoms with van der Waals surface area (Å²) in [5.74, 6) is 0.639. The van der Waals surface area contributed by atoms with Crippen LogP contribution in [0.15, 0.2) is 12.1 Å². The molecule has 22 heavy (non-hydrogen) atoms. The Kier molecular flexibility index (Phi) is 4.02. The quantitative estimate of drug-likeness (QED) is 0.808. The van der Waals surface area contributed by atoms with E-state index in [1.807, 2.05) is 32.9 Å². The Balaban J connectivity index is 2.35. The minimum Gasteiger partial charge on any atom is -0.495 e. The largest absolute Gasteiger partial charge is 0.495 e. The predicted octanol–water partition coefficient (Wildman–Crippen LogP) is 3.31. The average molecular weight is 306 g/mol. The molecule has 0 saturated carbocycles. The number of ether oxygens (including phenoxy) is 2. The maximum absolute atomic E-state index is 12.4. The fourth-order valence-electron chi connectivity index (χ4n) is 2.86. The van der Waals surface area contributed by atoms with Crippen LogP contribution < -0.4 is 10.5 Å². The lowest BCUT2D eigenvalue weighted by molar-refractivity contribution is 0.0174. The molecule has 0 radical (unpaired) electrons. The van der Waals surface area contributed by atoms with Crippen LogP contribution in [0.5, 0.6) is 5.75 Å². The molecule has 0 bridgehead atoms. The van der Waals surface area contributed by atoms with Gasteiger partial charge in [0.05, 0.1) is 12.8 Å². The maximum Gasteiger partial charge on any atom is 0.410 e. The molecule has 0 atom stereocenters. The van der Waals surface area contributed by atoms with Crippen LogP contribution in [-0.4, -0.2) is 30.2 Å². The number of fused-ring (bicyclic) bond motifs is 1. The lowest BCUT2D eigenvalue weighted by Crippen LogP contribution is -2.46. The SMILES string of the molecule is COc1cc2c(cc1N)C(C)(C)CN(C(=O)OC(C)(C)C)C2. The van der Waals surface area contributed by atoms with Crippen molar-refractivity contribution in [3.63, 3.8) is 0 Å². The van der Waals surface area contributed by atoms with Crippen molar-refractivity contribution in [2.24, 2.45) is 0 Å². The monoisotopic (exact) mass is 306 g/mol. The first kappa shape index (κ1) is 16.5. The van der Waals surface area contributed by atoms with Gasteiger partial charge in [-0.05, 0) is 44.0 Å². The van der Waals surface area contributed by atoms with Crippen molar-refractivity contribution in [3.05, 3.63) is 23.3 Å². The highest BCUT2D eigenvalue weighted by atomic mass is 16.6. The van der Waals surface area contributed by atoms with E-state index in [1.165, 1.54) is 0 Å². The number of methoxy groups -OCH3 is 1. The number of anilines is 1. The molecule has 0 unspecified atom stereocenters. The van der Waals surface area contributed by atoms with E-state index in [2.05, 4.69) is 13.8 Å². The van der Waals surface area contributed by atoms with Crippen LogP contribution in [0.1, 0.15) is 45.7 Å². The second kappa shape index (κ2) is 5.38. The van der Waals surface area contributed by atoms with Crippen molar-refractivity contribution < 1.29 is 14.3 Å². The normalized spacial score (nSPS) is 16.9. The molecular formula is C17H26N2O3. The van der Waals surface area contributed by atoms with E-state index in [-0.39, 0.29) is 11.5 Å². The van der Waals surface area contributed by atoms with Gasteiger partial charge >= 0.3 is 6.09 Å². The van der Waals surface area contributed by atoms with E-state index in [9.17, 15) is 4.79 Å². The van der Waals surface area contributed by atoms with Gasteiger partial charge in [-0.2, -0.15) is 0 Å². The predicted molar refractivity (Wildman–Crippen MR) is 87.1 cm³/mol. The van der Waals surface area contributed by atoms with Crippen molar-refractivity contribution in [1.29, 1.82) is 0 Å². The third-order valence-electron chi connectivity index (χ3n) is 3.78. The molecule has 0 fully saturated rings. The van der Waals surface area contributed by atoms with E-state index >= 15 is 0 Å². The van der Waals surface area contributed by atoms with Gasteiger partial charge in [-0.3, -0.25) is 0 Å². The zero-order chi connectivity index (χ0) is 16.7. The first-order chi connectivity index (χ1) is 10.0. The van der Waals surface area contributed by atoms with E-state index in [1.54, 1.807) is 12.0 Å². The molecule has 1 aromatic carbocycles. The standard InChI is InChI=1S/C17H26N2O3/c1-16(2,3)22-15(20)19-9-11-7-14(21-6)13(18)8-12(11)17(4,5)10-19/h7-8H,9-10,18H2,1-6H3.